The third-order valence-corrected chi connectivity index (χ3v) is 4.57. The topological polar surface area (TPSA) is 38.2 Å². The maximum absolute atomic E-state index is 5.58. The molecule has 2 saturated heterocycles. The Hall–Kier alpha value is -1.00. The van der Waals surface area contributed by atoms with Gasteiger partial charge in [-0.15, -0.1) is 0 Å². The summed E-state index contributed by atoms with van der Waals surface area (Å²) in [4.78, 5) is 11.4. The van der Waals surface area contributed by atoms with Crippen LogP contribution in [-0.2, 0) is 4.74 Å². The van der Waals surface area contributed by atoms with Gasteiger partial charge >= 0.3 is 0 Å². The van der Waals surface area contributed by atoms with Crippen molar-refractivity contribution >= 4 is 0 Å². The average Bonchev–Trinajstić information content (AvgIpc) is 2.49. The Balaban J connectivity index is 1.49. The van der Waals surface area contributed by atoms with E-state index in [1.165, 1.54) is 51.0 Å². The summed E-state index contributed by atoms with van der Waals surface area (Å²) in [6.07, 6.45) is 6.92. The molecule has 4 nitrogen and oxygen atoms in total. The molecule has 3 rings (SSSR count). The standard InChI is InChI=1S/C16H25N3O/c1-13-17-7-4-16(18-13)15-5-8-19(9-6-15)11-14-3-2-10-20-12-14/h4,7,14-15H,2-3,5-6,8-12H2,1H3. The van der Waals surface area contributed by atoms with Crippen LogP contribution in [0.2, 0.25) is 0 Å². The number of nitrogens with zero attached hydrogens (tertiary/aromatic N) is 3. The molecule has 4 heteroatoms. The normalized spacial score (nSPS) is 25.8. The van der Waals surface area contributed by atoms with Gasteiger partial charge in [-0.25, -0.2) is 9.97 Å². The van der Waals surface area contributed by atoms with Crippen LogP contribution in [0.3, 0.4) is 0 Å². The van der Waals surface area contributed by atoms with Gasteiger partial charge in [0.15, 0.2) is 0 Å². The Kier molecular flexibility index (Phi) is 4.63. The fourth-order valence-corrected chi connectivity index (χ4v) is 3.43. The van der Waals surface area contributed by atoms with Gasteiger partial charge in [-0.3, -0.25) is 0 Å². The van der Waals surface area contributed by atoms with Crippen molar-refractivity contribution in [3.8, 4) is 0 Å². The molecule has 2 aliphatic heterocycles. The Morgan fingerprint density at radius 2 is 2.15 bits per heavy atom. The lowest BCUT2D eigenvalue weighted by molar-refractivity contribution is 0.0345. The minimum absolute atomic E-state index is 0.621. The first-order chi connectivity index (χ1) is 9.81. The van der Waals surface area contributed by atoms with E-state index in [1.54, 1.807) is 0 Å². The first-order valence-corrected chi connectivity index (χ1v) is 7.91. The van der Waals surface area contributed by atoms with E-state index in [9.17, 15) is 0 Å². The number of likely N-dealkylation sites (tertiary alicyclic amines) is 1. The first-order valence-electron chi connectivity index (χ1n) is 7.91. The number of piperidine rings is 1. The van der Waals surface area contributed by atoms with Gasteiger partial charge in [0.25, 0.3) is 0 Å². The second-order valence-electron chi connectivity index (χ2n) is 6.19. The summed E-state index contributed by atoms with van der Waals surface area (Å²) in [5, 5.41) is 0. The molecule has 0 saturated carbocycles. The fraction of sp³-hybridized carbons (Fsp3) is 0.750. The quantitative estimate of drug-likeness (QED) is 0.849. The Morgan fingerprint density at radius 1 is 1.30 bits per heavy atom. The summed E-state index contributed by atoms with van der Waals surface area (Å²) in [5.41, 5.74) is 1.23. The van der Waals surface area contributed by atoms with E-state index < -0.39 is 0 Å². The highest BCUT2D eigenvalue weighted by Crippen LogP contribution is 2.27. The minimum atomic E-state index is 0.621. The molecule has 1 aromatic rings. The lowest BCUT2D eigenvalue weighted by atomic mass is 9.92. The summed E-state index contributed by atoms with van der Waals surface area (Å²) in [6.45, 7) is 7.52. The molecular weight excluding hydrogens is 250 g/mol. The fourth-order valence-electron chi connectivity index (χ4n) is 3.43. The third-order valence-electron chi connectivity index (χ3n) is 4.57. The molecule has 20 heavy (non-hydrogen) atoms. The van der Waals surface area contributed by atoms with E-state index in [-0.39, 0.29) is 0 Å². The summed E-state index contributed by atoms with van der Waals surface area (Å²) in [5.74, 6) is 2.27. The molecule has 2 aliphatic rings. The predicted octanol–water partition coefficient (Wildman–Crippen LogP) is 2.39. The number of ether oxygens (including phenoxy) is 1. The van der Waals surface area contributed by atoms with Crippen molar-refractivity contribution in [2.24, 2.45) is 5.92 Å². The molecule has 0 amide bonds. The van der Waals surface area contributed by atoms with Crippen molar-refractivity contribution < 1.29 is 4.74 Å². The van der Waals surface area contributed by atoms with Crippen molar-refractivity contribution in [3.05, 3.63) is 23.8 Å². The number of rotatable bonds is 3. The molecule has 0 N–H and O–H groups in total. The van der Waals surface area contributed by atoms with Crippen molar-refractivity contribution in [2.45, 2.75) is 38.5 Å². The van der Waals surface area contributed by atoms with Crippen molar-refractivity contribution in [1.82, 2.24) is 14.9 Å². The van der Waals surface area contributed by atoms with Gasteiger partial charge < -0.3 is 9.64 Å². The van der Waals surface area contributed by atoms with E-state index in [1.807, 2.05) is 13.1 Å². The highest BCUT2D eigenvalue weighted by molar-refractivity contribution is 5.09. The van der Waals surface area contributed by atoms with Crippen molar-refractivity contribution in [1.29, 1.82) is 0 Å². The van der Waals surface area contributed by atoms with Gasteiger partial charge in [-0.1, -0.05) is 0 Å². The maximum Gasteiger partial charge on any atom is 0.125 e. The summed E-state index contributed by atoms with van der Waals surface area (Å²) >= 11 is 0. The highest BCUT2D eigenvalue weighted by atomic mass is 16.5. The number of hydrogen-bond donors (Lipinski definition) is 0. The lowest BCUT2D eigenvalue weighted by Crippen LogP contribution is -2.38. The van der Waals surface area contributed by atoms with Gasteiger partial charge in [0, 0.05) is 31.0 Å². The van der Waals surface area contributed by atoms with Gasteiger partial charge in [-0.2, -0.15) is 0 Å². The monoisotopic (exact) mass is 275 g/mol. The van der Waals surface area contributed by atoms with Crippen LogP contribution in [0.1, 0.15) is 43.1 Å². The second kappa shape index (κ2) is 6.64. The molecule has 0 aliphatic carbocycles. The third kappa shape index (κ3) is 3.55. The molecule has 0 bridgehead atoms. The second-order valence-corrected chi connectivity index (χ2v) is 6.19. The zero-order valence-corrected chi connectivity index (χ0v) is 12.4. The van der Waals surface area contributed by atoms with Crippen LogP contribution < -0.4 is 0 Å². The van der Waals surface area contributed by atoms with Crippen LogP contribution in [0.4, 0.5) is 0 Å². The smallest absolute Gasteiger partial charge is 0.125 e. The maximum atomic E-state index is 5.58. The van der Waals surface area contributed by atoms with Gasteiger partial charge in [0.2, 0.25) is 0 Å². The van der Waals surface area contributed by atoms with E-state index in [0.717, 1.165) is 25.0 Å². The van der Waals surface area contributed by atoms with Crippen LogP contribution in [0.15, 0.2) is 12.3 Å². The van der Waals surface area contributed by atoms with Crippen LogP contribution in [0.25, 0.3) is 0 Å². The SMILES string of the molecule is Cc1nccc(C2CCN(CC3CCCOC3)CC2)n1. The zero-order valence-electron chi connectivity index (χ0n) is 12.4. The van der Waals surface area contributed by atoms with E-state index >= 15 is 0 Å². The number of aryl methyl sites for hydroxylation is 1. The van der Waals surface area contributed by atoms with Crippen LogP contribution in [0, 0.1) is 12.8 Å². The minimum Gasteiger partial charge on any atom is -0.381 e. The summed E-state index contributed by atoms with van der Waals surface area (Å²) in [7, 11) is 0. The summed E-state index contributed by atoms with van der Waals surface area (Å²) < 4.78 is 5.58. The van der Waals surface area contributed by atoms with E-state index in [2.05, 4.69) is 20.9 Å². The average molecular weight is 275 g/mol. The Bertz CT molecular complexity index is 423. The van der Waals surface area contributed by atoms with Crippen LogP contribution >= 0.6 is 0 Å². The number of hydrogen-bond acceptors (Lipinski definition) is 4. The van der Waals surface area contributed by atoms with Gasteiger partial charge in [0.05, 0.1) is 6.61 Å². The highest BCUT2D eigenvalue weighted by Gasteiger charge is 2.24. The Morgan fingerprint density at radius 3 is 2.85 bits per heavy atom. The molecule has 110 valence electrons. The molecule has 2 fully saturated rings. The van der Waals surface area contributed by atoms with Gasteiger partial charge in [-0.05, 0) is 57.7 Å². The number of aromatic nitrogens is 2. The molecule has 1 aromatic heterocycles. The van der Waals surface area contributed by atoms with E-state index in [4.69, 9.17) is 4.74 Å². The summed E-state index contributed by atoms with van der Waals surface area (Å²) in [6, 6.07) is 2.09. The molecule has 0 spiro atoms. The molecule has 0 radical (unpaired) electrons. The molecular formula is C16H25N3O. The largest absolute Gasteiger partial charge is 0.381 e. The zero-order chi connectivity index (χ0) is 13.8. The molecule has 0 aromatic carbocycles. The van der Waals surface area contributed by atoms with Crippen molar-refractivity contribution in [3.63, 3.8) is 0 Å². The van der Waals surface area contributed by atoms with Crippen LogP contribution in [0.5, 0.6) is 0 Å². The predicted molar refractivity (Wildman–Crippen MR) is 78.7 cm³/mol. The first kappa shape index (κ1) is 14.0. The van der Waals surface area contributed by atoms with E-state index in [0.29, 0.717) is 5.92 Å². The lowest BCUT2D eigenvalue weighted by Gasteiger charge is -2.35. The van der Waals surface area contributed by atoms with Gasteiger partial charge in [0.1, 0.15) is 5.82 Å². The Labute approximate surface area is 121 Å². The van der Waals surface area contributed by atoms with Crippen molar-refractivity contribution in [2.75, 3.05) is 32.8 Å². The van der Waals surface area contributed by atoms with Crippen LogP contribution in [-0.4, -0.2) is 47.7 Å². The molecule has 3 heterocycles. The molecule has 1 atom stereocenters. The molecule has 1 unspecified atom stereocenters.